The van der Waals surface area contributed by atoms with Gasteiger partial charge < -0.3 is 20.3 Å². The van der Waals surface area contributed by atoms with Gasteiger partial charge >= 0.3 is 51.4 Å². The first-order valence-electron chi connectivity index (χ1n) is 6.90. The molecule has 3 aromatic rings. The molecule has 114 valence electrons. The van der Waals surface area contributed by atoms with Gasteiger partial charge in [0, 0.05) is 22.2 Å². The van der Waals surface area contributed by atoms with Crippen LogP contribution in [-0.2, 0) is 0 Å². The van der Waals surface area contributed by atoms with Crippen molar-refractivity contribution in [3.8, 4) is 5.75 Å². The van der Waals surface area contributed by atoms with Crippen LogP contribution in [0.15, 0.2) is 60.7 Å². The zero-order valence-electron chi connectivity index (χ0n) is 12.9. The number of anilines is 1. The van der Waals surface area contributed by atoms with Crippen LogP contribution in [0.5, 0.6) is 5.75 Å². The van der Waals surface area contributed by atoms with Crippen molar-refractivity contribution in [1.82, 2.24) is 0 Å². The maximum atomic E-state index is 12.3. The van der Waals surface area contributed by atoms with Gasteiger partial charge in [-0.15, -0.1) is 0 Å². The summed E-state index contributed by atoms with van der Waals surface area (Å²) in [6.45, 7) is 0. The van der Waals surface area contributed by atoms with Crippen LogP contribution in [0.1, 0.15) is 20.7 Å². The fraction of sp³-hybridized carbons (Fsp3) is 0. The average molecular weight is 345 g/mol. The Hall–Kier alpha value is -1.70. The van der Waals surface area contributed by atoms with E-state index < -0.39 is 17.6 Å². The van der Waals surface area contributed by atoms with Gasteiger partial charge in [-0.1, -0.05) is 36.4 Å². The van der Waals surface area contributed by atoms with Crippen LogP contribution >= 0.6 is 0 Å². The molecule has 0 unspecified atom stereocenters. The Morgan fingerprint density at radius 3 is 2.38 bits per heavy atom. The first kappa shape index (κ1) is 18.6. The van der Waals surface area contributed by atoms with Crippen LogP contribution in [0.2, 0.25) is 0 Å². The number of fused-ring (bicyclic) bond motifs is 1. The largest absolute Gasteiger partial charge is 1.00 e. The number of aromatic hydroxyl groups is 1. The first-order valence-corrected chi connectivity index (χ1v) is 6.90. The Bertz CT molecular complexity index is 919. The second kappa shape index (κ2) is 7.91. The minimum absolute atomic E-state index is 0. The number of phenols is 1. The van der Waals surface area contributed by atoms with E-state index in [0.29, 0.717) is 5.69 Å². The van der Waals surface area contributed by atoms with Crippen molar-refractivity contribution in [3.63, 3.8) is 0 Å². The van der Waals surface area contributed by atoms with E-state index in [-0.39, 0.29) is 62.5 Å². The molecular weight excluding hydrogens is 333 g/mol. The van der Waals surface area contributed by atoms with Crippen LogP contribution < -0.4 is 61.8 Å². The van der Waals surface area contributed by atoms with Crippen LogP contribution in [0.4, 0.5) is 5.69 Å². The van der Waals surface area contributed by atoms with E-state index in [2.05, 4.69) is 5.32 Å². The molecule has 0 radical (unpaired) electrons. The molecule has 3 aromatic carbocycles. The van der Waals surface area contributed by atoms with Gasteiger partial charge in [-0.05, 0) is 29.7 Å². The van der Waals surface area contributed by atoms with E-state index in [1.807, 2.05) is 36.4 Å². The first-order chi connectivity index (χ1) is 11.1. The topological polar surface area (TPSA) is 89.5 Å². The molecule has 0 heterocycles. The fourth-order valence-electron chi connectivity index (χ4n) is 2.37. The quantitative estimate of drug-likeness (QED) is 0.606. The third kappa shape index (κ3) is 3.85. The second-order valence-corrected chi connectivity index (χ2v) is 5.00. The zero-order chi connectivity index (χ0) is 16.4. The maximum Gasteiger partial charge on any atom is 1.00 e. The third-order valence-corrected chi connectivity index (χ3v) is 3.52. The maximum absolute atomic E-state index is 12.3. The predicted octanol–water partition coefficient (Wildman–Crippen LogP) is -0.835. The van der Waals surface area contributed by atoms with Gasteiger partial charge in [0.2, 0.25) is 0 Å². The number of carboxylic acid groups (broad SMARTS) is 1. The Morgan fingerprint density at radius 1 is 0.958 bits per heavy atom. The van der Waals surface area contributed by atoms with Crippen molar-refractivity contribution in [2.75, 3.05) is 5.32 Å². The molecule has 24 heavy (non-hydrogen) atoms. The normalized spacial score (nSPS) is 10.0. The molecule has 0 aliphatic rings. The molecule has 5 nitrogen and oxygen atoms in total. The molecule has 0 aliphatic heterocycles. The number of carboxylic acids is 1. The van der Waals surface area contributed by atoms with Crippen molar-refractivity contribution >= 4 is 28.3 Å². The SMILES string of the molecule is O=C(Nc1cccc2ccccc12)c1ccc(C(=O)[O-])c(O)c1.[K+]. The number of rotatable bonds is 3. The van der Waals surface area contributed by atoms with E-state index >= 15 is 0 Å². The number of hydrogen-bond acceptors (Lipinski definition) is 4. The zero-order valence-corrected chi connectivity index (χ0v) is 16.1. The number of hydrogen-bond donors (Lipinski definition) is 2. The van der Waals surface area contributed by atoms with Gasteiger partial charge in [0.25, 0.3) is 5.91 Å². The van der Waals surface area contributed by atoms with E-state index in [1.165, 1.54) is 6.07 Å². The minimum Gasteiger partial charge on any atom is -0.545 e. The summed E-state index contributed by atoms with van der Waals surface area (Å²) in [7, 11) is 0. The summed E-state index contributed by atoms with van der Waals surface area (Å²) in [4.78, 5) is 23.1. The van der Waals surface area contributed by atoms with E-state index in [0.717, 1.165) is 22.9 Å². The van der Waals surface area contributed by atoms with Crippen LogP contribution in [-0.4, -0.2) is 17.0 Å². The fourth-order valence-corrected chi connectivity index (χ4v) is 2.37. The summed E-state index contributed by atoms with van der Waals surface area (Å²) in [5.41, 5.74) is 0.434. The Balaban J connectivity index is 0.00000208. The molecule has 0 atom stereocenters. The van der Waals surface area contributed by atoms with Crippen molar-refractivity contribution < 1.29 is 71.2 Å². The van der Waals surface area contributed by atoms with Crippen molar-refractivity contribution in [2.45, 2.75) is 0 Å². The molecular formula is C18H12KNO4. The van der Waals surface area contributed by atoms with Crippen LogP contribution in [0, 0.1) is 0 Å². The molecule has 0 saturated heterocycles. The van der Waals surface area contributed by atoms with Gasteiger partial charge in [-0.2, -0.15) is 0 Å². The molecule has 0 spiro atoms. The number of benzene rings is 3. The molecule has 3 rings (SSSR count). The molecule has 6 heteroatoms. The molecule has 0 aliphatic carbocycles. The molecule has 2 N–H and O–H groups in total. The Kier molecular flexibility index (Phi) is 6.14. The average Bonchev–Trinajstić information content (AvgIpc) is 2.54. The number of carbonyl (C=O) groups is 2. The van der Waals surface area contributed by atoms with Gasteiger partial charge in [0.15, 0.2) is 0 Å². The van der Waals surface area contributed by atoms with Crippen molar-refractivity contribution in [2.24, 2.45) is 0 Å². The van der Waals surface area contributed by atoms with Gasteiger partial charge in [-0.25, -0.2) is 0 Å². The monoisotopic (exact) mass is 345 g/mol. The van der Waals surface area contributed by atoms with Crippen molar-refractivity contribution in [1.29, 1.82) is 0 Å². The summed E-state index contributed by atoms with van der Waals surface area (Å²) >= 11 is 0. The summed E-state index contributed by atoms with van der Waals surface area (Å²) in [6, 6.07) is 16.7. The molecule has 0 fully saturated rings. The van der Waals surface area contributed by atoms with E-state index in [4.69, 9.17) is 0 Å². The minimum atomic E-state index is -1.50. The van der Waals surface area contributed by atoms with Crippen LogP contribution in [0.25, 0.3) is 10.8 Å². The van der Waals surface area contributed by atoms with E-state index in [1.54, 1.807) is 6.07 Å². The second-order valence-electron chi connectivity index (χ2n) is 5.00. The number of amides is 1. The Labute approximate surface area is 180 Å². The number of aromatic carboxylic acids is 1. The molecule has 0 saturated carbocycles. The predicted molar refractivity (Wildman–Crippen MR) is 84.3 cm³/mol. The van der Waals surface area contributed by atoms with Crippen molar-refractivity contribution in [3.05, 3.63) is 71.8 Å². The smallest absolute Gasteiger partial charge is 0.545 e. The summed E-state index contributed by atoms with van der Waals surface area (Å²) < 4.78 is 0. The third-order valence-electron chi connectivity index (χ3n) is 3.52. The van der Waals surface area contributed by atoms with Gasteiger partial charge in [-0.3, -0.25) is 4.79 Å². The van der Waals surface area contributed by atoms with Gasteiger partial charge in [0.05, 0.1) is 5.97 Å². The molecule has 0 bridgehead atoms. The number of carbonyl (C=O) groups excluding carboxylic acids is 2. The Morgan fingerprint density at radius 2 is 1.67 bits per heavy atom. The molecule has 1 amide bonds. The number of nitrogens with one attached hydrogen (secondary N) is 1. The molecule has 0 aromatic heterocycles. The van der Waals surface area contributed by atoms with E-state index in [9.17, 15) is 19.8 Å². The summed E-state index contributed by atoms with van der Waals surface area (Å²) in [5, 5.41) is 25.1. The van der Waals surface area contributed by atoms with Crippen LogP contribution in [0.3, 0.4) is 0 Å². The summed E-state index contributed by atoms with van der Waals surface area (Å²) in [5.74, 6) is -2.44. The van der Waals surface area contributed by atoms with Gasteiger partial charge in [0.1, 0.15) is 5.75 Å². The standard InChI is InChI=1S/C18H13NO4.K/c20-16-10-12(8-9-14(16)18(22)23)17(21)19-15-7-3-5-11-4-1-2-6-13(11)15;/h1-10,20H,(H,19,21)(H,22,23);/q;+1/p-1. The summed E-state index contributed by atoms with van der Waals surface area (Å²) in [6.07, 6.45) is 0.